The summed E-state index contributed by atoms with van der Waals surface area (Å²) >= 11 is 0. The summed E-state index contributed by atoms with van der Waals surface area (Å²) in [5.74, 6) is -0.222. The minimum absolute atomic E-state index is 0.130. The number of aliphatic hydroxyl groups excluding tert-OH is 1. The zero-order valence-corrected chi connectivity index (χ0v) is 14.1. The van der Waals surface area contributed by atoms with Gasteiger partial charge in [0.1, 0.15) is 12.0 Å². The highest BCUT2D eigenvalue weighted by molar-refractivity contribution is 5.78. The van der Waals surface area contributed by atoms with Gasteiger partial charge in [-0.05, 0) is 42.0 Å². The minimum Gasteiger partial charge on any atom is -0.461 e. The number of pyridine rings is 1. The first-order valence-corrected chi connectivity index (χ1v) is 8.45. The summed E-state index contributed by atoms with van der Waals surface area (Å²) in [6, 6.07) is 12.5. The van der Waals surface area contributed by atoms with Gasteiger partial charge >= 0.3 is 5.97 Å². The zero-order chi connectivity index (χ0) is 17.1. The molecule has 1 aromatic carbocycles. The molecule has 0 saturated carbocycles. The molecule has 0 radical (unpaired) electrons. The van der Waals surface area contributed by atoms with E-state index in [1.807, 2.05) is 18.3 Å². The van der Waals surface area contributed by atoms with Gasteiger partial charge in [-0.3, -0.25) is 9.78 Å². The number of hydrogen-bond acceptors (Lipinski definition) is 4. The minimum atomic E-state index is -0.350. The van der Waals surface area contributed by atoms with E-state index >= 15 is 0 Å². The molecule has 0 unspecified atom stereocenters. The lowest BCUT2D eigenvalue weighted by Gasteiger charge is -2.33. The molecule has 1 fully saturated rings. The van der Waals surface area contributed by atoms with Crippen molar-refractivity contribution in [2.24, 2.45) is 5.92 Å². The van der Waals surface area contributed by atoms with Gasteiger partial charge in [0.05, 0.1) is 12.3 Å². The van der Waals surface area contributed by atoms with Crippen LogP contribution in [0.25, 0.3) is 11.3 Å². The summed E-state index contributed by atoms with van der Waals surface area (Å²) in [7, 11) is 0. The van der Waals surface area contributed by atoms with E-state index in [0.717, 1.165) is 24.1 Å². The Morgan fingerprint density at radius 2 is 2.08 bits per heavy atom. The fraction of sp³-hybridized carbons (Fsp3) is 0.400. The number of carbonyl (C=O) groups is 1. The highest BCUT2D eigenvalue weighted by atomic mass is 16.6. The molecule has 1 N–H and O–H groups in total. The molecule has 1 aliphatic heterocycles. The maximum atomic E-state index is 11.2. The molecule has 4 nitrogen and oxygen atoms in total. The molecule has 0 aliphatic carbocycles. The number of ether oxygens (including phenoxy) is 1. The normalized spacial score (nSPS) is 19.9. The molecular weight excluding hydrogens is 302 g/mol. The Bertz CT molecular complexity index is 726. The van der Waals surface area contributed by atoms with Gasteiger partial charge in [0.2, 0.25) is 0 Å². The lowest BCUT2D eigenvalue weighted by atomic mass is 9.91. The Kier molecular flexibility index (Phi) is 4.95. The van der Waals surface area contributed by atoms with Crippen molar-refractivity contribution in [3.8, 4) is 11.3 Å². The summed E-state index contributed by atoms with van der Waals surface area (Å²) in [5.41, 5.74) is 4.56. The van der Waals surface area contributed by atoms with Crippen LogP contribution in [-0.2, 0) is 16.0 Å². The van der Waals surface area contributed by atoms with Crippen LogP contribution in [-0.4, -0.2) is 28.8 Å². The van der Waals surface area contributed by atoms with Crippen molar-refractivity contribution < 1.29 is 14.6 Å². The van der Waals surface area contributed by atoms with E-state index in [1.54, 1.807) is 0 Å². The molecule has 0 spiro atoms. The zero-order valence-electron chi connectivity index (χ0n) is 14.1. The van der Waals surface area contributed by atoms with Crippen molar-refractivity contribution in [1.82, 2.24) is 4.98 Å². The number of aliphatic hydroxyl groups is 1. The summed E-state index contributed by atoms with van der Waals surface area (Å²) in [6.07, 6.45) is 3.21. The maximum Gasteiger partial charge on any atom is 0.315 e. The molecular formula is C20H23NO3. The highest BCUT2D eigenvalue weighted by Gasteiger charge is 2.41. The summed E-state index contributed by atoms with van der Waals surface area (Å²) in [6.45, 7) is 4.21. The predicted molar refractivity (Wildman–Crippen MR) is 92.5 cm³/mol. The fourth-order valence-electron chi connectivity index (χ4n) is 3.16. The summed E-state index contributed by atoms with van der Waals surface area (Å²) in [5, 5.41) is 9.19. The fourth-order valence-corrected chi connectivity index (χ4v) is 3.16. The van der Waals surface area contributed by atoms with E-state index in [9.17, 15) is 9.90 Å². The number of aromatic nitrogens is 1. The molecule has 0 bridgehead atoms. The lowest BCUT2D eigenvalue weighted by Crippen LogP contribution is -2.47. The topological polar surface area (TPSA) is 59.4 Å². The Morgan fingerprint density at radius 1 is 1.25 bits per heavy atom. The molecule has 2 heterocycles. The molecule has 1 aliphatic rings. The molecule has 1 saturated heterocycles. The second kappa shape index (κ2) is 7.14. The van der Waals surface area contributed by atoms with Crippen molar-refractivity contribution in [3.63, 3.8) is 0 Å². The molecule has 4 heteroatoms. The number of carbonyl (C=O) groups excluding carboxylic acids is 1. The maximum absolute atomic E-state index is 11.2. The van der Waals surface area contributed by atoms with Gasteiger partial charge < -0.3 is 9.84 Å². The van der Waals surface area contributed by atoms with Crippen molar-refractivity contribution in [1.29, 1.82) is 0 Å². The molecule has 2 aromatic rings. The summed E-state index contributed by atoms with van der Waals surface area (Å²) < 4.78 is 5.12. The quantitative estimate of drug-likeness (QED) is 0.828. The van der Waals surface area contributed by atoms with Gasteiger partial charge in [0.25, 0.3) is 0 Å². The lowest BCUT2D eigenvalue weighted by molar-refractivity contribution is -0.188. The first kappa shape index (κ1) is 16.7. The van der Waals surface area contributed by atoms with E-state index in [1.165, 1.54) is 11.1 Å². The van der Waals surface area contributed by atoms with Crippen LogP contribution in [0.15, 0.2) is 42.6 Å². The van der Waals surface area contributed by atoms with Crippen molar-refractivity contribution >= 4 is 5.97 Å². The Labute approximate surface area is 142 Å². The molecule has 0 amide bonds. The SMILES string of the molecule is CC(C)c1cccnc1-c1cccc(CC[C@H]2OC(=O)[C@@H]2CO)c1. The third-order valence-corrected chi connectivity index (χ3v) is 4.59. The number of rotatable bonds is 6. The number of hydrogen-bond donors (Lipinski definition) is 1. The standard InChI is InChI=1S/C20H23NO3/c1-13(2)16-7-4-10-21-19(16)15-6-3-5-14(11-15)8-9-18-17(12-22)20(23)24-18/h3-7,10-11,13,17-18,22H,8-9,12H2,1-2H3/t17-,18-/m1/s1. The van der Waals surface area contributed by atoms with Gasteiger partial charge in [-0.1, -0.05) is 38.1 Å². The third kappa shape index (κ3) is 3.34. The highest BCUT2D eigenvalue weighted by Crippen LogP contribution is 2.29. The monoisotopic (exact) mass is 325 g/mol. The van der Waals surface area contributed by atoms with Crippen LogP contribution in [0.3, 0.4) is 0 Å². The predicted octanol–water partition coefficient (Wildman–Crippen LogP) is 3.34. The van der Waals surface area contributed by atoms with Crippen LogP contribution in [0.1, 0.15) is 37.3 Å². The largest absolute Gasteiger partial charge is 0.461 e. The van der Waals surface area contributed by atoms with Crippen LogP contribution >= 0.6 is 0 Å². The molecule has 2 atom stereocenters. The van der Waals surface area contributed by atoms with Crippen molar-refractivity contribution in [3.05, 3.63) is 53.7 Å². The van der Waals surface area contributed by atoms with Gasteiger partial charge in [0, 0.05) is 11.8 Å². The third-order valence-electron chi connectivity index (χ3n) is 4.59. The second-order valence-electron chi connectivity index (χ2n) is 6.60. The molecule has 1 aromatic heterocycles. The van der Waals surface area contributed by atoms with Crippen molar-refractivity contribution in [2.75, 3.05) is 6.61 Å². The second-order valence-corrected chi connectivity index (χ2v) is 6.60. The smallest absolute Gasteiger partial charge is 0.315 e. The van der Waals surface area contributed by atoms with Crippen LogP contribution in [0.5, 0.6) is 0 Å². The van der Waals surface area contributed by atoms with Crippen LogP contribution in [0.2, 0.25) is 0 Å². The van der Waals surface area contributed by atoms with Gasteiger partial charge in [-0.15, -0.1) is 0 Å². The average Bonchev–Trinajstić information content (AvgIpc) is 2.59. The van der Waals surface area contributed by atoms with Crippen LogP contribution < -0.4 is 0 Å². The molecule has 3 rings (SSSR count). The Balaban J connectivity index is 1.74. The number of aryl methyl sites for hydroxylation is 1. The summed E-state index contributed by atoms with van der Waals surface area (Å²) in [4.78, 5) is 15.8. The van der Waals surface area contributed by atoms with Gasteiger partial charge in [0.15, 0.2) is 0 Å². The molecule has 24 heavy (non-hydrogen) atoms. The van der Waals surface area contributed by atoms with Gasteiger partial charge in [-0.2, -0.15) is 0 Å². The van der Waals surface area contributed by atoms with Crippen LogP contribution in [0.4, 0.5) is 0 Å². The first-order valence-electron chi connectivity index (χ1n) is 8.45. The van der Waals surface area contributed by atoms with Crippen molar-refractivity contribution in [2.45, 2.75) is 38.7 Å². The Morgan fingerprint density at radius 3 is 2.79 bits per heavy atom. The van der Waals surface area contributed by atoms with E-state index in [2.05, 4.69) is 43.1 Å². The Hall–Kier alpha value is -2.20. The van der Waals surface area contributed by atoms with Crippen LogP contribution in [0, 0.1) is 5.92 Å². The molecule has 126 valence electrons. The van der Waals surface area contributed by atoms with E-state index in [0.29, 0.717) is 5.92 Å². The number of esters is 1. The number of benzene rings is 1. The number of cyclic esters (lactones) is 1. The average molecular weight is 325 g/mol. The van der Waals surface area contributed by atoms with E-state index in [-0.39, 0.29) is 24.6 Å². The first-order chi connectivity index (χ1) is 11.6. The number of nitrogens with zero attached hydrogens (tertiary/aromatic N) is 1. The van der Waals surface area contributed by atoms with E-state index < -0.39 is 0 Å². The van der Waals surface area contributed by atoms with E-state index in [4.69, 9.17) is 4.74 Å². The van der Waals surface area contributed by atoms with Gasteiger partial charge in [-0.25, -0.2) is 0 Å².